The number of hydrogen-bond donors (Lipinski definition) is 1. The molecule has 29 heavy (non-hydrogen) atoms. The van der Waals surface area contributed by atoms with Gasteiger partial charge in [-0.1, -0.05) is 6.07 Å². The van der Waals surface area contributed by atoms with Crippen molar-refractivity contribution in [3.63, 3.8) is 0 Å². The zero-order valence-electron chi connectivity index (χ0n) is 15.4. The fraction of sp³-hybridized carbons (Fsp3) is 0.550. The molecule has 3 rings (SSSR count). The van der Waals surface area contributed by atoms with Gasteiger partial charge in [0.05, 0.1) is 5.56 Å². The molecule has 2 aliphatic carbocycles. The van der Waals surface area contributed by atoms with Crippen LogP contribution in [0.5, 0.6) is 5.75 Å². The first-order chi connectivity index (χ1) is 13.4. The third-order valence-electron chi connectivity index (χ3n) is 5.43. The van der Waals surface area contributed by atoms with Gasteiger partial charge in [-0.15, -0.1) is 0 Å². The number of alkyl halides is 6. The predicted molar refractivity (Wildman–Crippen MR) is 91.8 cm³/mol. The number of hydrogen-bond acceptors (Lipinski definition) is 2. The monoisotopic (exact) mass is 422 g/mol. The van der Waals surface area contributed by atoms with E-state index in [-0.39, 0.29) is 41.7 Å². The van der Waals surface area contributed by atoms with Crippen molar-refractivity contribution >= 4 is 5.97 Å². The van der Waals surface area contributed by atoms with Crippen molar-refractivity contribution in [3.05, 3.63) is 40.5 Å². The molecular weight excluding hydrogens is 402 g/mol. The summed E-state index contributed by atoms with van der Waals surface area (Å²) < 4.78 is 87.6. The highest BCUT2D eigenvalue weighted by Crippen LogP contribution is 2.52. The van der Waals surface area contributed by atoms with Crippen molar-refractivity contribution in [2.75, 3.05) is 6.61 Å². The zero-order valence-corrected chi connectivity index (χ0v) is 15.4. The average molecular weight is 422 g/mol. The predicted octanol–water partition coefficient (Wildman–Crippen LogP) is 5.72. The number of carboxylic acids is 1. The molecule has 0 unspecified atom stereocenters. The molecule has 0 heterocycles. The van der Waals surface area contributed by atoms with Crippen LogP contribution < -0.4 is 4.74 Å². The first-order valence-electron chi connectivity index (χ1n) is 9.22. The number of halogens is 6. The van der Waals surface area contributed by atoms with Crippen molar-refractivity contribution in [3.8, 4) is 5.75 Å². The number of benzene rings is 1. The van der Waals surface area contributed by atoms with Crippen LogP contribution in [0.4, 0.5) is 26.3 Å². The van der Waals surface area contributed by atoms with Crippen LogP contribution >= 0.6 is 0 Å². The Morgan fingerprint density at radius 1 is 1.14 bits per heavy atom. The molecule has 0 amide bonds. The number of aryl methyl sites for hydroxylation is 1. The average Bonchev–Trinajstić information content (AvgIpc) is 2.90. The first kappa shape index (κ1) is 21.5. The Labute approximate surface area is 163 Å². The fourth-order valence-electron chi connectivity index (χ4n) is 3.81. The van der Waals surface area contributed by atoms with Crippen molar-refractivity contribution < 1.29 is 41.0 Å². The van der Waals surface area contributed by atoms with Crippen molar-refractivity contribution in [2.45, 2.75) is 62.7 Å². The molecule has 0 bridgehead atoms. The van der Waals surface area contributed by atoms with E-state index < -0.39 is 55.2 Å². The summed E-state index contributed by atoms with van der Waals surface area (Å²) in [5, 5.41) is 8.68. The third kappa shape index (κ3) is 4.87. The van der Waals surface area contributed by atoms with Gasteiger partial charge < -0.3 is 9.84 Å². The van der Waals surface area contributed by atoms with Gasteiger partial charge >= 0.3 is 12.1 Å². The lowest BCUT2D eigenvalue weighted by Crippen LogP contribution is -2.35. The van der Waals surface area contributed by atoms with Crippen LogP contribution in [-0.2, 0) is 17.4 Å². The summed E-state index contributed by atoms with van der Waals surface area (Å²) >= 11 is 0. The molecule has 3 nitrogen and oxygen atoms in total. The lowest BCUT2D eigenvalue weighted by molar-refractivity contribution is -0.140. The summed E-state index contributed by atoms with van der Waals surface area (Å²) in [5.41, 5.74) is -2.89. The molecule has 9 heteroatoms. The summed E-state index contributed by atoms with van der Waals surface area (Å²) in [5.74, 6) is -4.50. The maximum atomic E-state index is 14.7. The Bertz CT molecular complexity index is 824. The Hall–Kier alpha value is -2.19. The molecule has 2 aliphatic rings. The van der Waals surface area contributed by atoms with Gasteiger partial charge in [0, 0.05) is 19.3 Å². The lowest BCUT2D eigenvalue weighted by atomic mass is 9.75. The van der Waals surface area contributed by atoms with E-state index in [9.17, 15) is 31.1 Å². The van der Waals surface area contributed by atoms with Crippen molar-refractivity contribution in [2.24, 2.45) is 0 Å². The minimum atomic E-state index is -4.73. The molecule has 0 saturated heterocycles. The van der Waals surface area contributed by atoms with Gasteiger partial charge in [0.15, 0.2) is 0 Å². The highest BCUT2D eigenvalue weighted by Gasteiger charge is 2.50. The summed E-state index contributed by atoms with van der Waals surface area (Å²) in [6.45, 7) is -0.414. The van der Waals surface area contributed by atoms with Crippen molar-refractivity contribution in [1.29, 1.82) is 0 Å². The van der Waals surface area contributed by atoms with Crippen molar-refractivity contribution in [1.82, 2.24) is 0 Å². The maximum absolute atomic E-state index is 14.7. The van der Waals surface area contributed by atoms with Gasteiger partial charge in [-0.25, -0.2) is 13.2 Å². The number of rotatable bonds is 7. The van der Waals surface area contributed by atoms with Gasteiger partial charge in [0.2, 0.25) is 0 Å². The molecular formula is C20H20F6O3. The minimum absolute atomic E-state index is 0.0165. The summed E-state index contributed by atoms with van der Waals surface area (Å²) in [4.78, 5) is 10.6. The first-order valence-corrected chi connectivity index (χ1v) is 9.22. The Balaban J connectivity index is 1.79. The number of carboxylic acid groups (broad SMARTS) is 1. The van der Waals surface area contributed by atoms with Crippen LogP contribution in [0.3, 0.4) is 0 Å². The number of aliphatic carboxylic acids is 1. The van der Waals surface area contributed by atoms with Crippen LogP contribution in [0, 0.1) is 0 Å². The SMILES string of the molecule is O=C(O)CCc1ccc(OCC2=C(C3(F)CCC3)CC(F)(F)C2)cc1C(F)(F)F. The Morgan fingerprint density at radius 3 is 2.38 bits per heavy atom. The molecule has 0 spiro atoms. The van der Waals surface area contributed by atoms with E-state index in [1.54, 1.807) is 0 Å². The van der Waals surface area contributed by atoms with Gasteiger partial charge in [0.25, 0.3) is 5.92 Å². The maximum Gasteiger partial charge on any atom is 0.416 e. The largest absolute Gasteiger partial charge is 0.489 e. The highest BCUT2D eigenvalue weighted by atomic mass is 19.4. The summed E-state index contributed by atoms with van der Waals surface area (Å²) in [7, 11) is 0. The van der Waals surface area contributed by atoms with Crippen LogP contribution in [-0.4, -0.2) is 29.3 Å². The minimum Gasteiger partial charge on any atom is -0.489 e. The van der Waals surface area contributed by atoms with Gasteiger partial charge in [-0.2, -0.15) is 13.2 Å². The molecule has 0 aliphatic heterocycles. The van der Waals surface area contributed by atoms with E-state index >= 15 is 0 Å². The van der Waals surface area contributed by atoms with Crippen LogP contribution in [0.1, 0.15) is 49.7 Å². The van der Waals surface area contributed by atoms with E-state index in [2.05, 4.69) is 0 Å². The molecule has 1 aromatic carbocycles. The quantitative estimate of drug-likeness (QED) is 0.452. The molecule has 160 valence electrons. The van der Waals surface area contributed by atoms with E-state index in [4.69, 9.17) is 9.84 Å². The highest BCUT2D eigenvalue weighted by molar-refractivity contribution is 5.67. The molecule has 1 aromatic rings. The van der Waals surface area contributed by atoms with Crippen LogP contribution in [0.15, 0.2) is 29.3 Å². The fourth-order valence-corrected chi connectivity index (χ4v) is 3.81. The topological polar surface area (TPSA) is 46.5 Å². The number of ether oxygens (including phenoxy) is 1. The molecule has 1 fully saturated rings. The van der Waals surface area contributed by atoms with E-state index in [0.717, 1.165) is 12.1 Å². The Morgan fingerprint density at radius 2 is 1.83 bits per heavy atom. The summed E-state index contributed by atoms with van der Waals surface area (Å²) in [6, 6.07) is 3.07. The second kappa shape index (κ2) is 7.57. The van der Waals surface area contributed by atoms with Gasteiger partial charge in [-0.05, 0) is 54.5 Å². The molecule has 0 atom stereocenters. The molecule has 1 N–H and O–H groups in total. The molecule has 0 radical (unpaired) electrons. The molecule has 0 aromatic heterocycles. The van der Waals surface area contributed by atoms with Crippen LogP contribution in [0.2, 0.25) is 0 Å². The van der Waals surface area contributed by atoms with Crippen LogP contribution in [0.25, 0.3) is 0 Å². The molecule has 1 saturated carbocycles. The second-order valence-corrected chi connectivity index (χ2v) is 7.61. The standard InChI is InChI=1S/C20H20F6O3/c21-18(6-1-7-18)16-10-19(22,23)9-13(16)11-29-14-4-2-12(3-5-17(27)28)15(8-14)20(24,25)26/h2,4,8H,1,3,5-7,9-11H2,(H,27,28). The zero-order chi connectivity index (χ0) is 21.4. The van der Waals surface area contributed by atoms with E-state index in [0.29, 0.717) is 6.42 Å². The van der Waals surface area contributed by atoms with E-state index in [1.165, 1.54) is 6.07 Å². The normalized spacial score (nSPS) is 20.5. The van der Waals surface area contributed by atoms with E-state index in [1.807, 2.05) is 0 Å². The third-order valence-corrected chi connectivity index (χ3v) is 5.43. The number of allylic oxidation sites excluding steroid dienone is 1. The lowest BCUT2D eigenvalue weighted by Gasteiger charge is -2.36. The second-order valence-electron chi connectivity index (χ2n) is 7.61. The summed E-state index contributed by atoms with van der Waals surface area (Å²) in [6.07, 6.45) is -5.93. The van der Waals surface area contributed by atoms with Gasteiger partial charge in [-0.3, -0.25) is 4.79 Å². The smallest absolute Gasteiger partial charge is 0.416 e. The van der Waals surface area contributed by atoms with Gasteiger partial charge in [0.1, 0.15) is 18.0 Å². The number of carbonyl (C=O) groups is 1. The Kier molecular flexibility index (Phi) is 5.62.